The van der Waals surface area contributed by atoms with Crippen molar-refractivity contribution < 1.29 is 15.0 Å². The van der Waals surface area contributed by atoms with E-state index in [0.29, 0.717) is 6.42 Å². The van der Waals surface area contributed by atoms with Gasteiger partial charge in [0.15, 0.2) is 5.60 Å². The van der Waals surface area contributed by atoms with Crippen LogP contribution in [-0.4, -0.2) is 21.8 Å². The zero-order valence-electron chi connectivity index (χ0n) is 11.3. The maximum atomic E-state index is 11.3. The van der Waals surface area contributed by atoms with Gasteiger partial charge >= 0.3 is 5.97 Å². The van der Waals surface area contributed by atoms with E-state index >= 15 is 0 Å². The third kappa shape index (κ3) is 2.72. The first kappa shape index (κ1) is 14.7. The number of aliphatic carboxylic acids is 1. The number of hydrogen-bond acceptors (Lipinski definition) is 2. The number of rotatable bonds is 6. The summed E-state index contributed by atoms with van der Waals surface area (Å²) in [7, 11) is 0. The molecule has 2 atom stereocenters. The summed E-state index contributed by atoms with van der Waals surface area (Å²) >= 11 is 0. The second-order valence-electron chi connectivity index (χ2n) is 4.64. The predicted molar refractivity (Wildman–Crippen MR) is 71.7 cm³/mol. The molecule has 1 aromatic carbocycles. The highest BCUT2D eigenvalue weighted by Gasteiger charge is 2.42. The summed E-state index contributed by atoms with van der Waals surface area (Å²) < 4.78 is 0. The second-order valence-corrected chi connectivity index (χ2v) is 4.64. The van der Waals surface area contributed by atoms with Crippen LogP contribution in [0.25, 0.3) is 0 Å². The van der Waals surface area contributed by atoms with Gasteiger partial charge in [-0.1, -0.05) is 45.0 Å². The minimum Gasteiger partial charge on any atom is -0.479 e. The maximum absolute atomic E-state index is 11.3. The van der Waals surface area contributed by atoms with Gasteiger partial charge < -0.3 is 10.2 Å². The van der Waals surface area contributed by atoms with Gasteiger partial charge in [-0.3, -0.25) is 0 Å². The van der Waals surface area contributed by atoms with Crippen LogP contribution >= 0.6 is 0 Å². The summed E-state index contributed by atoms with van der Waals surface area (Å²) in [5, 5.41) is 19.6. The van der Waals surface area contributed by atoms with Crippen molar-refractivity contribution in [2.45, 2.75) is 51.6 Å². The molecular weight excluding hydrogens is 228 g/mol. The number of aryl methyl sites for hydroxylation is 1. The molecule has 0 spiro atoms. The molecule has 3 nitrogen and oxygen atoms in total. The van der Waals surface area contributed by atoms with E-state index in [1.165, 1.54) is 5.56 Å². The van der Waals surface area contributed by atoms with Crippen LogP contribution in [-0.2, 0) is 11.2 Å². The molecule has 0 aliphatic rings. The number of carbonyl (C=O) groups is 1. The minimum atomic E-state index is -1.68. The first-order chi connectivity index (χ1) is 8.49. The number of benzene rings is 1. The predicted octanol–water partition coefficient (Wildman–Crippen LogP) is 2.97. The number of hydrogen-bond donors (Lipinski definition) is 2. The fourth-order valence-electron chi connectivity index (χ4n) is 2.38. The molecule has 0 aliphatic heterocycles. The molecule has 0 radical (unpaired) electrons. The van der Waals surface area contributed by atoms with E-state index < -0.39 is 11.6 Å². The highest BCUT2D eigenvalue weighted by molar-refractivity contribution is 5.78. The first-order valence-corrected chi connectivity index (χ1v) is 6.54. The summed E-state index contributed by atoms with van der Waals surface area (Å²) in [6.07, 6.45) is 1.76. The Balaban J connectivity index is 3.11. The van der Waals surface area contributed by atoms with Crippen LogP contribution in [0.4, 0.5) is 0 Å². The zero-order chi connectivity index (χ0) is 13.8. The Morgan fingerprint density at radius 2 is 1.78 bits per heavy atom. The summed E-state index contributed by atoms with van der Waals surface area (Å²) in [4.78, 5) is 11.3. The second kappa shape index (κ2) is 6.01. The minimum absolute atomic E-state index is 0.205. The monoisotopic (exact) mass is 250 g/mol. The Morgan fingerprint density at radius 1 is 1.22 bits per heavy atom. The highest BCUT2D eigenvalue weighted by Crippen LogP contribution is 2.34. The molecule has 0 amide bonds. The quantitative estimate of drug-likeness (QED) is 0.816. The molecule has 1 rings (SSSR count). The van der Waals surface area contributed by atoms with Crippen LogP contribution in [0, 0.1) is 0 Å². The van der Waals surface area contributed by atoms with Gasteiger partial charge in [-0.15, -0.1) is 0 Å². The molecule has 0 saturated heterocycles. The SMILES string of the molecule is CCc1ccc(C(CC)C(O)(CC)C(=O)O)cc1. The van der Waals surface area contributed by atoms with Gasteiger partial charge in [0, 0.05) is 5.92 Å². The molecule has 2 N–H and O–H groups in total. The zero-order valence-corrected chi connectivity index (χ0v) is 11.3. The van der Waals surface area contributed by atoms with Crippen molar-refractivity contribution >= 4 is 5.97 Å². The van der Waals surface area contributed by atoms with Crippen molar-refractivity contribution in [1.29, 1.82) is 0 Å². The number of carboxylic acid groups (broad SMARTS) is 1. The van der Waals surface area contributed by atoms with E-state index in [1.807, 2.05) is 31.2 Å². The lowest BCUT2D eigenvalue weighted by molar-refractivity contribution is -0.161. The van der Waals surface area contributed by atoms with E-state index in [-0.39, 0.29) is 12.3 Å². The molecule has 0 saturated carbocycles. The van der Waals surface area contributed by atoms with E-state index in [9.17, 15) is 15.0 Å². The van der Waals surface area contributed by atoms with Crippen molar-refractivity contribution in [2.75, 3.05) is 0 Å². The van der Waals surface area contributed by atoms with Crippen molar-refractivity contribution in [3.05, 3.63) is 35.4 Å². The number of aliphatic hydroxyl groups is 1. The molecule has 0 bridgehead atoms. The average Bonchev–Trinajstić information content (AvgIpc) is 2.39. The van der Waals surface area contributed by atoms with Gasteiger partial charge in [0.1, 0.15) is 0 Å². The largest absolute Gasteiger partial charge is 0.479 e. The Hall–Kier alpha value is -1.35. The van der Waals surface area contributed by atoms with Crippen molar-refractivity contribution in [1.82, 2.24) is 0 Å². The van der Waals surface area contributed by atoms with Gasteiger partial charge in [-0.25, -0.2) is 4.79 Å². The highest BCUT2D eigenvalue weighted by atomic mass is 16.4. The fraction of sp³-hybridized carbons (Fsp3) is 0.533. The van der Waals surface area contributed by atoms with Crippen LogP contribution in [0.5, 0.6) is 0 Å². The Bertz CT molecular complexity index is 397. The van der Waals surface area contributed by atoms with Gasteiger partial charge in [-0.05, 0) is 30.4 Å². The molecule has 100 valence electrons. The standard InChI is InChI=1S/C15H22O3/c1-4-11-7-9-12(10-8-11)13(5-2)15(18,6-3)14(16)17/h7-10,13,18H,4-6H2,1-3H3,(H,16,17). The third-order valence-corrected chi connectivity index (χ3v) is 3.68. The molecule has 1 aromatic rings. The van der Waals surface area contributed by atoms with E-state index in [2.05, 4.69) is 6.92 Å². The molecule has 0 fully saturated rings. The molecule has 2 unspecified atom stereocenters. The molecular formula is C15H22O3. The fourth-order valence-corrected chi connectivity index (χ4v) is 2.38. The lowest BCUT2D eigenvalue weighted by Crippen LogP contribution is -2.43. The first-order valence-electron chi connectivity index (χ1n) is 6.54. The molecule has 3 heteroatoms. The lowest BCUT2D eigenvalue weighted by atomic mass is 9.78. The van der Waals surface area contributed by atoms with Crippen molar-refractivity contribution in [3.8, 4) is 0 Å². The van der Waals surface area contributed by atoms with Gasteiger partial charge in [0.25, 0.3) is 0 Å². The molecule has 0 aromatic heterocycles. The van der Waals surface area contributed by atoms with Gasteiger partial charge in [-0.2, -0.15) is 0 Å². The summed E-state index contributed by atoms with van der Waals surface area (Å²) in [5.74, 6) is -1.51. The van der Waals surface area contributed by atoms with E-state index in [4.69, 9.17) is 0 Å². The van der Waals surface area contributed by atoms with Crippen molar-refractivity contribution in [2.24, 2.45) is 0 Å². The third-order valence-electron chi connectivity index (χ3n) is 3.68. The Kier molecular flexibility index (Phi) is 4.91. The van der Waals surface area contributed by atoms with E-state index in [1.54, 1.807) is 6.92 Å². The van der Waals surface area contributed by atoms with E-state index in [0.717, 1.165) is 12.0 Å². The van der Waals surface area contributed by atoms with Crippen LogP contribution in [0.2, 0.25) is 0 Å². The molecule has 0 heterocycles. The average molecular weight is 250 g/mol. The van der Waals surface area contributed by atoms with Crippen LogP contribution in [0.1, 0.15) is 50.7 Å². The van der Waals surface area contributed by atoms with Gasteiger partial charge in [0.2, 0.25) is 0 Å². The summed E-state index contributed by atoms with van der Waals surface area (Å²) in [6.45, 7) is 5.69. The Labute approximate surface area is 108 Å². The summed E-state index contributed by atoms with van der Waals surface area (Å²) in [5.41, 5.74) is 0.424. The van der Waals surface area contributed by atoms with Crippen molar-refractivity contribution in [3.63, 3.8) is 0 Å². The Morgan fingerprint density at radius 3 is 2.11 bits per heavy atom. The van der Waals surface area contributed by atoms with Crippen LogP contribution < -0.4 is 0 Å². The van der Waals surface area contributed by atoms with Gasteiger partial charge in [0.05, 0.1) is 0 Å². The lowest BCUT2D eigenvalue weighted by Gasteiger charge is -2.31. The van der Waals surface area contributed by atoms with Crippen LogP contribution in [0.3, 0.4) is 0 Å². The number of carboxylic acids is 1. The molecule has 18 heavy (non-hydrogen) atoms. The molecule has 0 aliphatic carbocycles. The smallest absolute Gasteiger partial charge is 0.336 e. The maximum Gasteiger partial charge on any atom is 0.336 e. The topological polar surface area (TPSA) is 57.5 Å². The normalized spacial score (nSPS) is 16.0. The summed E-state index contributed by atoms with van der Waals surface area (Å²) in [6, 6.07) is 7.85. The van der Waals surface area contributed by atoms with Crippen LogP contribution in [0.15, 0.2) is 24.3 Å².